The summed E-state index contributed by atoms with van der Waals surface area (Å²) in [5, 5.41) is 29.1. The zero-order valence-corrected chi connectivity index (χ0v) is 9.48. The monoisotopic (exact) mass is 251 g/mol. The fourth-order valence-corrected chi connectivity index (χ4v) is 1.68. The molecule has 2 rings (SSSR count). The van der Waals surface area contributed by atoms with Crippen molar-refractivity contribution in [2.45, 2.75) is 19.1 Å². The molecule has 0 unspecified atom stereocenters. The van der Waals surface area contributed by atoms with Crippen molar-refractivity contribution in [3.8, 4) is 0 Å². The molecule has 0 bridgehead atoms. The number of aliphatic hydroxyl groups excluding tert-OH is 1. The number of ether oxygens (including phenoxy) is 1. The van der Waals surface area contributed by atoms with Crippen molar-refractivity contribution < 1.29 is 19.8 Å². The first-order chi connectivity index (χ1) is 8.49. The van der Waals surface area contributed by atoms with Crippen molar-refractivity contribution in [1.82, 2.24) is 5.23 Å². The van der Waals surface area contributed by atoms with Gasteiger partial charge in [-0.1, -0.05) is 18.2 Å². The molecule has 1 heterocycles. The zero-order chi connectivity index (χ0) is 13.3. The largest absolute Gasteiger partial charge is 0.762 e. The van der Waals surface area contributed by atoms with Gasteiger partial charge in [-0.2, -0.15) is 0 Å². The maximum atomic E-state index is 11.3. The molecule has 0 aromatic rings. The van der Waals surface area contributed by atoms with Gasteiger partial charge in [-0.05, 0) is 11.6 Å². The van der Waals surface area contributed by atoms with Gasteiger partial charge < -0.3 is 20.3 Å². The molecule has 0 aromatic carbocycles. The Kier molecular flexibility index (Phi) is 3.39. The highest BCUT2D eigenvalue weighted by molar-refractivity contribution is 6.04. The Balaban J connectivity index is 2.25. The van der Waals surface area contributed by atoms with Crippen molar-refractivity contribution in [1.29, 1.82) is 0 Å². The van der Waals surface area contributed by atoms with Crippen LogP contribution in [0.25, 0.3) is 0 Å². The minimum absolute atomic E-state index is 0.0437. The number of hydroxylamine groups is 2. The Morgan fingerprint density at radius 1 is 1.61 bits per heavy atom. The predicted octanol–water partition coefficient (Wildman–Crippen LogP) is 0.260. The molecule has 2 atom stereocenters. The molecule has 96 valence electrons. The second kappa shape index (κ2) is 4.83. The Bertz CT molecular complexity index is 490. The summed E-state index contributed by atoms with van der Waals surface area (Å²) in [6.45, 7) is 1.53. The number of carbonyl (C=O) groups excluding carboxylic acids is 1. The van der Waals surface area contributed by atoms with Gasteiger partial charge in [0.1, 0.15) is 0 Å². The van der Waals surface area contributed by atoms with Gasteiger partial charge >= 0.3 is 5.97 Å². The number of hydrogen-bond acceptors (Lipinski definition) is 7. The molecule has 2 N–H and O–H groups in total. The van der Waals surface area contributed by atoms with Crippen LogP contribution in [0, 0.1) is 5.21 Å². The fraction of sp³-hybridized carbons (Fsp3) is 0.273. The van der Waals surface area contributed by atoms with Crippen molar-refractivity contribution in [2.24, 2.45) is 4.99 Å². The highest BCUT2D eigenvalue weighted by Gasteiger charge is 2.26. The molecule has 0 spiro atoms. The number of allylic oxidation sites excluding steroid dienone is 2. The van der Waals surface area contributed by atoms with Gasteiger partial charge in [0.05, 0.1) is 12.1 Å². The third-order valence-corrected chi connectivity index (χ3v) is 2.55. The summed E-state index contributed by atoms with van der Waals surface area (Å²) in [6, 6.07) is -1.11. The quantitative estimate of drug-likeness (QED) is 0.414. The summed E-state index contributed by atoms with van der Waals surface area (Å²) in [4.78, 5) is 15.2. The van der Waals surface area contributed by atoms with Crippen LogP contribution in [0.4, 0.5) is 0 Å². The van der Waals surface area contributed by atoms with Crippen LogP contribution in [0.1, 0.15) is 6.92 Å². The topological polar surface area (TPSA) is 105 Å². The van der Waals surface area contributed by atoms with Crippen molar-refractivity contribution in [3.63, 3.8) is 0 Å². The Labute approximate surface area is 103 Å². The first kappa shape index (κ1) is 12.7. The highest BCUT2D eigenvalue weighted by Crippen LogP contribution is 2.21. The van der Waals surface area contributed by atoms with Crippen molar-refractivity contribution >= 4 is 11.9 Å². The molecule has 18 heavy (non-hydrogen) atoms. The van der Waals surface area contributed by atoms with Crippen LogP contribution in [-0.2, 0) is 9.53 Å². The van der Waals surface area contributed by atoms with Crippen LogP contribution in [0.15, 0.2) is 40.6 Å². The lowest BCUT2D eigenvalue weighted by Gasteiger charge is -2.33. The number of carbonyl (C=O) groups is 1. The van der Waals surface area contributed by atoms with E-state index in [1.165, 1.54) is 31.2 Å². The van der Waals surface area contributed by atoms with Crippen LogP contribution in [0.2, 0.25) is 0 Å². The summed E-state index contributed by atoms with van der Waals surface area (Å²) in [5.41, 5.74) is 0.338. The lowest BCUT2D eigenvalue weighted by molar-refractivity contribution is -0.130. The van der Waals surface area contributed by atoms with Gasteiger partial charge in [-0.15, -0.1) is 0 Å². The van der Waals surface area contributed by atoms with Gasteiger partial charge in [0.2, 0.25) is 0 Å². The van der Waals surface area contributed by atoms with E-state index in [0.717, 1.165) is 0 Å². The molecule has 2 aliphatic rings. The summed E-state index contributed by atoms with van der Waals surface area (Å²) in [7, 11) is 0. The molecular formula is C11H11N2O5-. The minimum atomic E-state index is -1.24. The molecule has 1 aliphatic carbocycles. The molecule has 7 nitrogen and oxygen atoms in total. The number of hydrogen-bond donors (Lipinski definition) is 2. The average molecular weight is 251 g/mol. The van der Waals surface area contributed by atoms with Gasteiger partial charge in [0.25, 0.3) is 0 Å². The van der Waals surface area contributed by atoms with Crippen LogP contribution in [0.3, 0.4) is 0 Å². The molecule has 0 fully saturated rings. The summed E-state index contributed by atoms with van der Waals surface area (Å²) in [6.07, 6.45) is 4.45. The first-order valence-electron chi connectivity index (χ1n) is 5.20. The van der Waals surface area contributed by atoms with E-state index in [2.05, 4.69) is 4.99 Å². The smallest absolute Gasteiger partial charge is 0.363 e. The van der Waals surface area contributed by atoms with E-state index in [1.807, 2.05) is 0 Å². The predicted molar refractivity (Wildman–Crippen MR) is 61.3 cm³/mol. The van der Waals surface area contributed by atoms with Crippen LogP contribution < -0.4 is 0 Å². The van der Waals surface area contributed by atoms with E-state index in [-0.39, 0.29) is 16.8 Å². The Morgan fingerprint density at radius 3 is 2.89 bits per heavy atom. The van der Waals surface area contributed by atoms with Gasteiger partial charge in [-0.25, -0.2) is 9.79 Å². The number of rotatable bonds is 2. The van der Waals surface area contributed by atoms with Crippen LogP contribution in [-0.4, -0.2) is 39.6 Å². The standard InChI is InChI=1S/C11H11N2O5/c1-6-12-8(11(15)18-6)5-7-3-2-4-9(10(7)14)13(16)17/h2-5,9-10,14,16H,1H3/q-1/b8-5+/t9-,10+/m0/s1. The third-order valence-electron chi connectivity index (χ3n) is 2.55. The summed E-state index contributed by atoms with van der Waals surface area (Å²) < 4.78 is 4.72. The summed E-state index contributed by atoms with van der Waals surface area (Å²) >= 11 is 0. The number of esters is 1. The minimum Gasteiger partial charge on any atom is -0.762 e. The van der Waals surface area contributed by atoms with E-state index in [9.17, 15) is 15.1 Å². The molecule has 0 radical (unpaired) electrons. The van der Waals surface area contributed by atoms with Gasteiger partial charge in [0, 0.05) is 6.92 Å². The normalized spacial score (nSPS) is 29.6. The molecule has 0 amide bonds. The Morgan fingerprint density at radius 2 is 2.33 bits per heavy atom. The maximum absolute atomic E-state index is 11.3. The molecule has 0 saturated heterocycles. The van der Waals surface area contributed by atoms with E-state index in [1.54, 1.807) is 0 Å². The van der Waals surface area contributed by atoms with E-state index < -0.39 is 18.1 Å². The number of aliphatic hydroxyl groups is 1. The number of cyclic esters (lactones) is 1. The van der Waals surface area contributed by atoms with E-state index >= 15 is 0 Å². The first-order valence-corrected chi connectivity index (χ1v) is 5.20. The van der Waals surface area contributed by atoms with E-state index in [4.69, 9.17) is 9.94 Å². The van der Waals surface area contributed by atoms with Crippen molar-refractivity contribution in [2.75, 3.05) is 0 Å². The fourth-order valence-electron chi connectivity index (χ4n) is 1.68. The zero-order valence-electron chi connectivity index (χ0n) is 9.48. The SMILES string of the molecule is CC1=N/C(=C/C2=CC=C[C@H](N([O-])O)[C@@H]2O)C(=O)O1. The summed E-state index contributed by atoms with van der Waals surface area (Å²) in [5.74, 6) is -0.397. The number of aliphatic imine (C=N–C) groups is 1. The molecule has 7 heteroatoms. The second-order valence-electron chi connectivity index (χ2n) is 3.84. The maximum Gasteiger partial charge on any atom is 0.363 e. The average Bonchev–Trinajstić information content (AvgIpc) is 2.60. The van der Waals surface area contributed by atoms with Crippen molar-refractivity contribution in [3.05, 3.63) is 40.8 Å². The van der Waals surface area contributed by atoms with Gasteiger partial charge in [0.15, 0.2) is 11.6 Å². The molecule has 0 aromatic heterocycles. The molecule has 1 aliphatic heterocycles. The van der Waals surface area contributed by atoms with Crippen LogP contribution in [0.5, 0.6) is 0 Å². The lowest BCUT2D eigenvalue weighted by atomic mass is 9.96. The van der Waals surface area contributed by atoms with E-state index in [0.29, 0.717) is 5.57 Å². The molecule has 0 saturated carbocycles. The molecular weight excluding hydrogens is 240 g/mol. The lowest BCUT2D eigenvalue weighted by Crippen LogP contribution is -2.38. The van der Waals surface area contributed by atoms with Crippen LogP contribution >= 0.6 is 0 Å². The number of nitrogens with zero attached hydrogens (tertiary/aromatic N) is 2. The van der Waals surface area contributed by atoms with Gasteiger partial charge in [-0.3, -0.25) is 5.23 Å². The third kappa shape index (κ3) is 2.39. The highest BCUT2D eigenvalue weighted by atomic mass is 16.8. The second-order valence-corrected chi connectivity index (χ2v) is 3.84. The Hall–Kier alpha value is -1.80.